The van der Waals surface area contributed by atoms with Crippen molar-refractivity contribution in [3.8, 4) is 5.75 Å². The second-order valence-electron chi connectivity index (χ2n) is 6.74. The monoisotopic (exact) mass is 396 g/mol. The highest BCUT2D eigenvalue weighted by atomic mass is 32.2. The van der Waals surface area contributed by atoms with Gasteiger partial charge in [-0.3, -0.25) is 4.79 Å². The molecule has 26 heavy (non-hydrogen) atoms. The highest BCUT2D eigenvalue weighted by Crippen LogP contribution is 2.30. The van der Waals surface area contributed by atoms with E-state index in [2.05, 4.69) is 30.8 Å². The highest BCUT2D eigenvalue weighted by molar-refractivity contribution is 7.91. The number of hydrogen-bond acceptors (Lipinski definition) is 5. The van der Waals surface area contributed by atoms with Gasteiger partial charge in [-0.25, -0.2) is 13.1 Å². The van der Waals surface area contributed by atoms with Gasteiger partial charge in [0.25, 0.3) is 5.91 Å². The van der Waals surface area contributed by atoms with Crippen LogP contribution >= 0.6 is 11.3 Å². The molecule has 2 aromatic rings. The summed E-state index contributed by atoms with van der Waals surface area (Å²) in [7, 11) is -2.09. The second-order valence-corrected chi connectivity index (χ2v) is 10.0. The number of nitrogens with one attached hydrogen (secondary N) is 2. The Labute approximate surface area is 158 Å². The van der Waals surface area contributed by atoms with Crippen LogP contribution in [0.1, 0.15) is 31.2 Å². The summed E-state index contributed by atoms with van der Waals surface area (Å²) < 4.78 is 31.6. The zero-order chi connectivity index (χ0) is 19.4. The topological polar surface area (TPSA) is 84.5 Å². The minimum atomic E-state index is -3.45. The molecule has 142 valence electrons. The summed E-state index contributed by atoms with van der Waals surface area (Å²) in [5.74, 6) is 0.425. The van der Waals surface area contributed by atoms with E-state index in [0.29, 0.717) is 5.75 Å². The van der Waals surface area contributed by atoms with Crippen LogP contribution in [0.25, 0.3) is 0 Å². The number of thiophene rings is 1. The van der Waals surface area contributed by atoms with Crippen molar-refractivity contribution in [2.45, 2.75) is 36.9 Å². The van der Waals surface area contributed by atoms with Crippen molar-refractivity contribution in [2.75, 3.05) is 13.7 Å². The number of para-hydroxylation sites is 1. The standard InChI is InChI=1S/C18H24N2O4S2/c1-18(2,3)14-7-5-6-8-15(14)24-12-16(21)20-11-13-9-10-17(25-13)26(22,23)19-4/h5-10,19H,11-12H2,1-4H3,(H,20,21). The Morgan fingerprint density at radius 1 is 1.15 bits per heavy atom. The Hall–Kier alpha value is -1.90. The molecule has 0 radical (unpaired) electrons. The van der Waals surface area contributed by atoms with E-state index in [-0.39, 0.29) is 28.7 Å². The third-order valence-corrected chi connectivity index (χ3v) is 6.68. The number of ether oxygens (including phenoxy) is 1. The third-order valence-electron chi connectivity index (χ3n) is 3.68. The molecule has 0 saturated heterocycles. The fourth-order valence-corrected chi connectivity index (χ4v) is 4.42. The molecule has 0 bridgehead atoms. The fourth-order valence-electron chi connectivity index (χ4n) is 2.29. The lowest BCUT2D eigenvalue weighted by Gasteiger charge is -2.22. The van der Waals surface area contributed by atoms with Crippen LogP contribution in [0, 0.1) is 0 Å². The van der Waals surface area contributed by atoms with E-state index in [1.165, 1.54) is 13.1 Å². The average molecular weight is 397 g/mol. The van der Waals surface area contributed by atoms with Crippen LogP contribution in [0.2, 0.25) is 0 Å². The first-order chi connectivity index (χ1) is 12.1. The summed E-state index contributed by atoms with van der Waals surface area (Å²) in [6.45, 7) is 6.42. The van der Waals surface area contributed by atoms with Crippen molar-refractivity contribution < 1.29 is 17.9 Å². The molecule has 1 aromatic heterocycles. The van der Waals surface area contributed by atoms with Crippen LogP contribution in [0.4, 0.5) is 0 Å². The highest BCUT2D eigenvalue weighted by Gasteiger charge is 2.19. The van der Waals surface area contributed by atoms with E-state index in [4.69, 9.17) is 4.74 Å². The quantitative estimate of drug-likeness (QED) is 0.754. The molecule has 0 aliphatic heterocycles. The van der Waals surface area contributed by atoms with Crippen LogP contribution in [-0.4, -0.2) is 28.0 Å². The van der Waals surface area contributed by atoms with Gasteiger partial charge in [0.1, 0.15) is 9.96 Å². The van der Waals surface area contributed by atoms with Crippen molar-refractivity contribution in [1.29, 1.82) is 0 Å². The molecule has 1 amide bonds. The molecule has 2 rings (SSSR count). The normalized spacial score (nSPS) is 12.0. The van der Waals surface area contributed by atoms with Crippen LogP contribution < -0.4 is 14.8 Å². The molecular weight excluding hydrogens is 372 g/mol. The van der Waals surface area contributed by atoms with E-state index in [0.717, 1.165) is 21.8 Å². The zero-order valence-corrected chi connectivity index (χ0v) is 17.0. The molecular formula is C18H24N2O4S2. The summed E-state index contributed by atoms with van der Waals surface area (Å²) in [6.07, 6.45) is 0. The molecule has 0 spiro atoms. The maximum absolute atomic E-state index is 12.0. The molecule has 0 aliphatic carbocycles. The Balaban J connectivity index is 1.91. The average Bonchev–Trinajstić information content (AvgIpc) is 3.07. The molecule has 1 heterocycles. The lowest BCUT2D eigenvalue weighted by Crippen LogP contribution is -2.28. The minimum absolute atomic E-state index is 0.0841. The van der Waals surface area contributed by atoms with E-state index < -0.39 is 10.0 Å². The summed E-state index contributed by atoms with van der Waals surface area (Å²) in [5, 5.41) is 2.74. The Bertz CT molecular complexity index is 867. The Kier molecular flexibility index (Phi) is 6.44. The third kappa shape index (κ3) is 5.30. The molecule has 1 aromatic carbocycles. The van der Waals surface area contributed by atoms with Gasteiger partial charge in [0.05, 0.1) is 6.54 Å². The van der Waals surface area contributed by atoms with Crippen molar-refractivity contribution in [1.82, 2.24) is 10.0 Å². The van der Waals surface area contributed by atoms with Gasteiger partial charge in [0.15, 0.2) is 6.61 Å². The molecule has 6 nitrogen and oxygen atoms in total. The summed E-state index contributed by atoms with van der Waals surface area (Å²) >= 11 is 1.12. The first-order valence-corrected chi connectivity index (χ1v) is 10.4. The number of hydrogen-bond donors (Lipinski definition) is 2. The Morgan fingerprint density at radius 2 is 1.85 bits per heavy atom. The lowest BCUT2D eigenvalue weighted by atomic mass is 9.86. The molecule has 0 fully saturated rings. The van der Waals surface area contributed by atoms with Gasteiger partial charge < -0.3 is 10.1 Å². The fraction of sp³-hybridized carbons (Fsp3) is 0.389. The van der Waals surface area contributed by atoms with Crippen molar-refractivity contribution in [3.05, 3.63) is 46.8 Å². The second kappa shape index (κ2) is 8.20. The first-order valence-electron chi connectivity index (χ1n) is 8.15. The number of carbonyl (C=O) groups excluding carboxylic acids is 1. The van der Waals surface area contributed by atoms with E-state index in [9.17, 15) is 13.2 Å². The summed E-state index contributed by atoms with van der Waals surface area (Å²) in [4.78, 5) is 12.8. The van der Waals surface area contributed by atoms with Gasteiger partial charge >= 0.3 is 0 Å². The number of amides is 1. The predicted octanol–water partition coefficient (Wildman–Crippen LogP) is 2.65. The number of rotatable bonds is 7. The van der Waals surface area contributed by atoms with Crippen LogP contribution in [0.5, 0.6) is 5.75 Å². The van der Waals surface area contributed by atoms with Gasteiger partial charge in [0, 0.05) is 4.88 Å². The van der Waals surface area contributed by atoms with Crippen LogP contribution in [-0.2, 0) is 26.8 Å². The van der Waals surface area contributed by atoms with Crippen molar-refractivity contribution in [3.63, 3.8) is 0 Å². The number of sulfonamides is 1. The van der Waals surface area contributed by atoms with Crippen molar-refractivity contribution in [2.24, 2.45) is 0 Å². The summed E-state index contributed by atoms with van der Waals surface area (Å²) in [5.41, 5.74) is 0.951. The molecule has 0 aliphatic rings. The maximum Gasteiger partial charge on any atom is 0.258 e. The van der Waals surface area contributed by atoms with E-state index >= 15 is 0 Å². The van der Waals surface area contributed by atoms with Gasteiger partial charge in [-0.05, 0) is 36.2 Å². The smallest absolute Gasteiger partial charge is 0.258 e. The predicted molar refractivity (Wildman–Crippen MR) is 103 cm³/mol. The summed E-state index contributed by atoms with van der Waals surface area (Å²) in [6, 6.07) is 10.9. The van der Waals surface area contributed by atoms with Gasteiger partial charge in [-0.15, -0.1) is 11.3 Å². The maximum atomic E-state index is 12.0. The van der Waals surface area contributed by atoms with E-state index in [1.807, 2.05) is 24.3 Å². The number of benzene rings is 1. The lowest BCUT2D eigenvalue weighted by molar-refractivity contribution is -0.123. The minimum Gasteiger partial charge on any atom is -0.483 e. The number of carbonyl (C=O) groups is 1. The SMILES string of the molecule is CNS(=O)(=O)c1ccc(CNC(=O)COc2ccccc2C(C)(C)C)s1. The van der Waals surface area contributed by atoms with Gasteiger partial charge in [-0.2, -0.15) is 0 Å². The largest absolute Gasteiger partial charge is 0.483 e. The van der Waals surface area contributed by atoms with Crippen LogP contribution in [0.3, 0.4) is 0 Å². The molecule has 0 unspecified atom stereocenters. The molecule has 0 atom stereocenters. The molecule has 2 N–H and O–H groups in total. The van der Waals surface area contributed by atoms with Gasteiger partial charge in [-0.1, -0.05) is 39.0 Å². The van der Waals surface area contributed by atoms with Crippen LogP contribution in [0.15, 0.2) is 40.6 Å². The van der Waals surface area contributed by atoms with Crippen molar-refractivity contribution >= 4 is 27.3 Å². The first kappa shape index (κ1) is 20.4. The molecule has 8 heteroatoms. The Morgan fingerprint density at radius 3 is 2.50 bits per heavy atom. The van der Waals surface area contributed by atoms with Gasteiger partial charge in [0.2, 0.25) is 10.0 Å². The van der Waals surface area contributed by atoms with E-state index in [1.54, 1.807) is 6.07 Å². The molecule has 0 saturated carbocycles. The zero-order valence-electron chi connectivity index (χ0n) is 15.3.